The van der Waals surface area contributed by atoms with E-state index in [-0.39, 0.29) is 0 Å². The van der Waals surface area contributed by atoms with Crippen molar-refractivity contribution in [2.45, 2.75) is 19.3 Å². The predicted molar refractivity (Wildman–Crippen MR) is 136 cm³/mol. The number of aromatic amines is 1. The van der Waals surface area contributed by atoms with Gasteiger partial charge in [-0.3, -0.25) is 0 Å². The summed E-state index contributed by atoms with van der Waals surface area (Å²) in [7, 11) is 1.73. The van der Waals surface area contributed by atoms with Gasteiger partial charge in [0, 0.05) is 29.5 Å². The third-order valence-corrected chi connectivity index (χ3v) is 6.43. The number of nitrogens with zero attached hydrogens (tertiary/aromatic N) is 3. The van der Waals surface area contributed by atoms with Crippen LogP contribution < -0.4 is 0 Å². The van der Waals surface area contributed by atoms with Crippen molar-refractivity contribution < 1.29 is 4.74 Å². The van der Waals surface area contributed by atoms with Gasteiger partial charge in [-0.05, 0) is 59.9 Å². The Balaban J connectivity index is 1.77. The molecule has 0 atom stereocenters. The van der Waals surface area contributed by atoms with E-state index in [0.29, 0.717) is 27.5 Å². The van der Waals surface area contributed by atoms with Crippen LogP contribution in [0.25, 0.3) is 44.0 Å². The molecule has 4 aromatic carbocycles. The molecule has 34 heavy (non-hydrogen) atoms. The smallest absolute Gasteiger partial charge is 0.141 e. The highest BCUT2D eigenvalue weighted by Crippen LogP contribution is 2.38. The van der Waals surface area contributed by atoms with Gasteiger partial charge in [0.2, 0.25) is 0 Å². The molecule has 0 fully saturated rings. The summed E-state index contributed by atoms with van der Waals surface area (Å²) in [5.41, 5.74) is 4.27. The maximum Gasteiger partial charge on any atom is 0.141 e. The monoisotopic (exact) mass is 464 g/mol. The second kappa shape index (κ2) is 9.15. The molecule has 0 aliphatic rings. The highest BCUT2D eigenvalue weighted by atomic mass is 35.5. The van der Waals surface area contributed by atoms with E-state index in [1.807, 2.05) is 18.2 Å². The molecule has 1 N–H and O–H groups in total. The SMILES string of the molecule is COCCCCc1ccc2c(c1)c1cc(Cl)ccc1c1nc(-c3c(C#N)cccc3C#N)[nH]c21. The van der Waals surface area contributed by atoms with Crippen LogP contribution in [0.3, 0.4) is 0 Å². The number of imidazole rings is 1. The average molecular weight is 465 g/mol. The van der Waals surface area contributed by atoms with Crippen molar-refractivity contribution in [3.63, 3.8) is 0 Å². The zero-order valence-corrected chi connectivity index (χ0v) is 19.4. The van der Waals surface area contributed by atoms with E-state index in [2.05, 4.69) is 35.3 Å². The van der Waals surface area contributed by atoms with Crippen LogP contribution in [0.2, 0.25) is 5.02 Å². The van der Waals surface area contributed by atoms with Crippen molar-refractivity contribution in [2.24, 2.45) is 0 Å². The molecule has 5 aromatic rings. The van der Waals surface area contributed by atoms with Crippen molar-refractivity contribution in [3.05, 3.63) is 76.3 Å². The molecule has 0 saturated carbocycles. The summed E-state index contributed by atoms with van der Waals surface area (Å²) in [6.07, 6.45) is 3.04. The van der Waals surface area contributed by atoms with E-state index in [4.69, 9.17) is 21.3 Å². The molecule has 166 valence electrons. The van der Waals surface area contributed by atoms with Gasteiger partial charge in [0.05, 0.1) is 39.9 Å². The fraction of sp³-hybridized carbons (Fsp3) is 0.179. The summed E-state index contributed by atoms with van der Waals surface area (Å²) >= 11 is 6.39. The number of benzene rings is 4. The van der Waals surface area contributed by atoms with Gasteiger partial charge in [-0.25, -0.2) is 4.98 Å². The van der Waals surface area contributed by atoms with Crippen molar-refractivity contribution in [1.29, 1.82) is 10.5 Å². The Morgan fingerprint density at radius 2 is 1.65 bits per heavy atom. The highest BCUT2D eigenvalue weighted by Gasteiger charge is 2.18. The normalized spacial score (nSPS) is 11.2. The van der Waals surface area contributed by atoms with Crippen LogP contribution in [0.1, 0.15) is 29.5 Å². The number of ether oxygens (including phenoxy) is 1. The second-order valence-electron chi connectivity index (χ2n) is 8.28. The molecule has 0 aliphatic carbocycles. The molecule has 6 heteroatoms. The van der Waals surface area contributed by atoms with Gasteiger partial charge in [0.25, 0.3) is 0 Å². The maximum atomic E-state index is 9.66. The van der Waals surface area contributed by atoms with Crippen LogP contribution in [0.15, 0.2) is 54.6 Å². The van der Waals surface area contributed by atoms with Crippen LogP contribution in [0.4, 0.5) is 0 Å². The summed E-state index contributed by atoms with van der Waals surface area (Å²) in [5, 5.41) is 24.1. The van der Waals surface area contributed by atoms with Gasteiger partial charge in [-0.1, -0.05) is 41.9 Å². The van der Waals surface area contributed by atoms with Crippen LogP contribution in [-0.2, 0) is 11.2 Å². The van der Waals surface area contributed by atoms with Crippen molar-refractivity contribution in [1.82, 2.24) is 9.97 Å². The first kappa shape index (κ1) is 21.9. The van der Waals surface area contributed by atoms with E-state index < -0.39 is 0 Å². The number of hydrogen-bond donors (Lipinski definition) is 1. The lowest BCUT2D eigenvalue weighted by molar-refractivity contribution is 0.193. The lowest BCUT2D eigenvalue weighted by atomic mass is 9.96. The summed E-state index contributed by atoms with van der Waals surface area (Å²) in [6.45, 7) is 0.762. The van der Waals surface area contributed by atoms with Crippen molar-refractivity contribution in [3.8, 4) is 23.5 Å². The van der Waals surface area contributed by atoms with E-state index in [9.17, 15) is 10.5 Å². The van der Waals surface area contributed by atoms with Crippen molar-refractivity contribution in [2.75, 3.05) is 13.7 Å². The summed E-state index contributed by atoms with van der Waals surface area (Å²) < 4.78 is 5.17. The number of nitrogens with one attached hydrogen (secondary N) is 1. The van der Waals surface area contributed by atoms with Gasteiger partial charge in [-0.15, -0.1) is 0 Å². The number of halogens is 1. The van der Waals surface area contributed by atoms with E-state index in [1.165, 1.54) is 5.56 Å². The fourth-order valence-electron chi connectivity index (χ4n) is 4.58. The molecular formula is C28H21ClN4O. The summed E-state index contributed by atoms with van der Waals surface area (Å²) in [4.78, 5) is 8.31. The highest BCUT2D eigenvalue weighted by molar-refractivity contribution is 6.33. The Kier molecular flexibility index (Phi) is 5.90. The topological polar surface area (TPSA) is 85.5 Å². The third-order valence-electron chi connectivity index (χ3n) is 6.19. The summed E-state index contributed by atoms with van der Waals surface area (Å²) in [5.74, 6) is 0.510. The standard InChI is InChI=1S/C28H21ClN4O/c1-34-12-3-2-5-17-8-10-21-23(13-17)24-14-20(29)9-11-22(24)27-26(21)32-28(33-27)25-18(15-30)6-4-7-19(25)16-31/h4,6-11,13-14H,2-3,5,12H2,1H3,(H,32,33). The largest absolute Gasteiger partial charge is 0.385 e. The van der Waals surface area contributed by atoms with Gasteiger partial charge < -0.3 is 9.72 Å². The van der Waals surface area contributed by atoms with Crippen LogP contribution >= 0.6 is 11.6 Å². The molecule has 0 aliphatic heterocycles. The lowest BCUT2D eigenvalue weighted by Crippen LogP contribution is -1.92. The number of fused-ring (bicyclic) bond motifs is 6. The summed E-state index contributed by atoms with van der Waals surface area (Å²) in [6, 6.07) is 21.8. The molecule has 0 radical (unpaired) electrons. The molecule has 0 unspecified atom stereocenters. The van der Waals surface area contributed by atoms with E-state index >= 15 is 0 Å². The van der Waals surface area contributed by atoms with Crippen molar-refractivity contribution >= 4 is 44.2 Å². The zero-order chi connectivity index (χ0) is 23.7. The van der Waals surface area contributed by atoms with Gasteiger partial charge in [0.1, 0.15) is 5.82 Å². The van der Waals surface area contributed by atoms with Gasteiger partial charge in [-0.2, -0.15) is 10.5 Å². The molecule has 0 amide bonds. The first-order chi connectivity index (χ1) is 16.6. The quantitative estimate of drug-likeness (QED) is 0.218. The minimum atomic E-state index is 0.410. The Morgan fingerprint density at radius 3 is 2.38 bits per heavy atom. The molecule has 0 saturated heterocycles. The third kappa shape index (κ3) is 3.76. The molecule has 0 bridgehead atoms. The number of H-pyrrole nitrogens is 1. The molecule has 5 nitrogen and oxygen atoms in total. The molecule has 1 heterocycles. The van der Waals surface area contributed by atoms with Crippen LogP contribution in [0.5, 0.6) is 0 Å². The molecule has 0 spiro atoms. The Hall–Kier alpha value is -3.90. The molecule has 1 aromatic heterocycles. The van der Waals surface area contributed by atoms with E-state index in [0.717, 1.165) is 58.4 Å². The minimum Gasteiger partial charge on any atom is -0.385 e. The molecular weight excluding hydrogens is 444 g/mol. The maximum absolute atomic E-state index is 9.66. The first-order valence-corrected chi connectivity index (χ1v) is 11.5. The first-order valence-electron chi connectivity index (χ1n) is 11.1. The lowest BCUT2D eigenvalue weighted by Gasteiger charge is -2.09. The zero-order valence-electron chi connectivity index (χ0n) is 18.7. The number of unbranched alkanes of at least 4 members (excludes halogenated alkanes) is 1. The number of methoxy groups -OCH3 is 1. The fourth-order valence-corrected chi connectivity index (χ4v) is 4.76. The van der Waals surface area contributed by atoms with E-state index in [1.54, 1.807) is 25.3 Å². The molecule has 5 rings (SSSR count). The Bertz CT molecular complexity index is 1610. The van der Waals surface area contributed by atoms with Crippen LogP contribution in [0, 0.1) is 22.7 Å². The number of aryl methyl sites for hydroxylation is 1. The Morgan fingerprint density at radius 1 is 0.912 bits per heavy atom. The predicted octanol–water partition coefficient (Wildman–Crippen LogP) is 6.90. The minimum absolute atomic E-state index is 0.410. The number of aromatic nitrogens is 2. The average Bonchev–Trinajstić information content (AvgIpc) is 3.31. The second-order valence-corrected chi connectivity index (χ2v) is 8.72. The van der Waals surface area contributed by atoms with Gasteiger partial charge in [0.15, 0.2) is 0 Å². The number of rotatable bonds is 6. The van der Waals surface area contributed by atoms with Gasteiger partial charge >= 0.3 is 0 Å². The Labute approximate surface area is 202 Å². The number of nitriles is 2. The number of hydrogen-bond acceptors (Lipinski definition) is 4. The van der Waals surface area contributed by atoms with Crippen LogP contribution in [-0.4, -0.2) is 23.7 Å².